The van der Waals surface area contributed by atoms with E-state index in [1.807, 2.05) is 0 Å². The van der Waals surface area contributed by atoms with Crippen molar-refractivity contribution in [3.8, 4) is 0 Å². The summed E-state index contributed by atoms with van der Waals surface area (Å²) in [6.07, 6.45) is 1.29. The fraction of sp³-hybridized carbons (Fsp3) is 0.714. The Balaban J connectivity index is 3.39. The summed E-state index contributed by atoms with van der Waals surface area (Å²) in [5.74, 6) is -0.000386. The van der Waals surface area contributed by atoms with Crippen molar-refractivity contribution < 1.29 is 9.59 Å². The molecule has 0 heterocycles. The van der Waals surface area contributed by atoms with E-state index in [1.54, 1.807) is 6.92 Å². The highest BCUT2D eigenvalue weighted by molar-refractivity contribution is 7.96. The van der Waals surface area contributed by atoms with Crippen LogP contribution in [0.4, 0.5) is 0 Å². The van der Waals surface area contributed by atoms with Crippen LogP contribution in [0, 0.1) is 0 Å². The van der Waals surface area contributed by atoms with E-state index in [0.29, 0.717) is 19.3 Å². The minimum absolute atomic E-state index is 0.000386. The van der Waals surface area contributed by atoms with Crippen LogP contribution in [-0.2, 0) is 9.59 Å². The van der Waals surface area contributed by atoms with Crippen LogP contribution in [0.1, 0.15) is 26.2 Å². The first-order chi connectivity index (χ1) is 5.04. The Labute approximate surface area is 71.7 Å². The highest BCUT2D eigenvalue weighted by Crippen LogP contribution is 2.00. The maximum Gasteiger partial charge on any atom is 0.185 e. The largest absolute Gasteiger partial charge is 0.322 e. The molecular formula is C7H13NO2S. The van der Waals surface area contributed by atoms with Crippen molar-refractivity contribution in [1.82, 2.24) is 0 Å². The van der Waals surface area contributed by atoms with Crippen LogP contribution in [0.2, 0.25) is 0 Å². The molecule has 0 radical (unpaired) electrons. The monoisotopic (exact) mass is 175 g/mol. The van der Waals surface area contributed by atoms with Gasteiger partial charge < -0.3 is 5.73 Å². The van der Waals surface area contributed by atoms with Gasteiger partial charge in [-0.25, -0.2) is 0 Å². The third-order valence-corrected chi connectivity index (χ3v) is 1.55. The molecule has 0 spiro atoms. The van der Waals surface area contributed by atoms with Crippen LogP contribution >= 0.6 is 12.6 Å². The first-order valence-electron chi connectivity index (χ1n) is 3.54. The van der Waals surface area contributed by atoms with Gasteiger partial charge in [-0.15, -0.1) is 12.6 Å². The Bertz CT molecular complexity index is 157. The molecule has 64 valence electrons. The molecule has 0 rings (SSSR count). The van der Waals surface area contributed by atoms with Gasteiger partial charge in [-0.3, -0.25) is 9.59 Å². The van der Waals surface area contributed by atoms with Gasteiger partial charge in [0.25, 0.3) is 0 Å². The smallest absolute Gasteiger partial charge is 0.185 e. The van der Waals surface area contributed by atoms with E-state index in [9.17, 15) is 9.59 Å². The van der Waals surface area contributed by atoms with Gasteiger partial charge in [-0.05, 0) is 13.3 Å². The van der Waals surface area contributed by atoms with Gasteiger partial charge in [0.15, 0.2) is 5.12 Å². The Morgan fingerprint density at radius 2 is 2.00 bits per heavy atom. The predicted molar refractivity (Wildman–Crippen MR) is 46.5 cm³/mol. The summed E-state index contributed by atoms with van der Waals surface area (Å²) in [5, 5.41) is -0.178. The van der Waals surface area contributed by atoms with Gasteiger partial charge in [0.05, 0.1) is 6.04 Å². The fourth-order valence-corrected chi connectivity index (χ4v) is 0.800. The molecule has 0 fully saturated rings. The molecule has 0 aromatic heterocycles. The van der Waals surface area contributed by atoms with Crippen molar-refractivity contribution in [3.05, 3.63) is 0 Å². The molecular weight excluding hydrogens is 162 g/mol. The van der Waals surface area contributed by atoms with Gasteiger partial charge in [0, 0.05) is 12.8 Å². The molecule has 2 N–H and O–H groups in total. The number of carbonyl (C=O) groups is 2. The van der Waals surface area contributed by atoms with E-state index in [1.165, 1.54) is 0 Å². The van der Waals surface area contributed by atoms with E-state index >= 15 is 0 Å². The standard InChI is InChI=1S/C7H13NO2S/c1-5(8)6(9)3-2-4-7(10)11/h5H,2-4,8H2,1H3,(H,10,11). The molecule has 1 atom stereocenters. The molecule has 0 bridgehead atoms. The SMILES string of the molecule is CC(N)C(=O)CCCC(=O)S. The summed E-state index contributed by atoms with van der Waals surface area (Å²) in [4.78, 5) is 21.2. The maximum atomic E-state index is 10.9. The Kier molecular flexibility index (Phi) is 5.15. The van der Waals surface area contributed by atoms with E-state index in [2.05, 4.69) is 12.6 Å². The molecule has 11 heavy (non-hydrogen) atoms. The van der Waals surface area contributed by atoms with Gasteiger partial charge >= 0.3 is 0 Å². The van der Waals surface area contributed by atoms with Gasteiger partial charge in [-0.1, -0.05) is 0 Å². The van der Waals surface area contributed by atoms with Crippen LogP contribution in [0.25, 0.3) is 0 Å². The maximum absolute atomic E-state index is 10.9. The molecule has 0 aromatic carbocycles. The molecule has 3 nitrogen and oxygen atoms in total. The molecule has 0 aliphatic heterocycles. The molecule has 0 aliphatic rings. The van der Waals surface area contributed by atoms with Crippen LogP contribution < -0.4 is 5.73 Å². The van der Waals surface area contributed by atoms with Crippen molar-refractivity contribution in [2.45, 2.75) is 32.2 Å². The molecule has 0 aliphatic carbocycles. The van der Waals surface area contributed by atoms with Crippen LogP contribution in [0.5, 0.6) is 0 Å². The van der Waals surface area contributed by atoms with Crippen molar-refractivity contribution in [3.63, 3.8) is 0 Å². The van der Waals surface area contributed by atoms with Crippen LogP contribution in [0.3, 0.4) is 0 Å². The predicted octanol–water partition coefficient (Wildman–Crippen LogP) is 0.529. The summed E-state index contributed by atoms with van der Waals surface area (Å²) < 4.78 is 0. The minimum Gasteiger partial charge on any atom is -0.322 e. The lowest BCUT2D eigenvalue weighted by Gasteiger charge is -2.01. The lowest BCUT2D eigenvalue weighted by atomic mass is 10.1. The molecule has 0 aromatic rings. The topological polar surface area (TPSA) is 60.2 Å². The van der Waals surface area contributed by atoms with Crippen molar-refractivity contribution in [2.75, 3.05) is 0 Å². The van der Waals surface area contributed by atoms with Crippen LogP contribution in [-0.4, -0.2) is 16.9 Å². The van der Waals surface area contributed by atoms with Gasteiger partial charge in [0.1, 0.15) is 5.78 Å². The van der Waals surface area contributed by atoms with Crippen molar-refractivity contribution in [1.29, 1.82) is 0 Å². The van der Waals surface area contributed by atoms with Crippen LogP contribution in [0.15, 0.2) is 0 Å². The van der Waals surface area contributed by atoms with E-state index in [-0.39, 0.29) is 10.9 Å². The number of ketones is 1. The third-order valence-electron chi connectivity index (χ3n) is 1.32. The zero-order chi connectivity index (χ0) is 8.85. The lowest BCUT2D eigenvalue weighted by molar-refractivity contribution is -0.120. The first-order valence-corrected chi connectivity index (χ1v) is 3.99. The van der Waals surface area contributed by atoms with Crippen molar-refractivity contribution in [2.24, 2.45) is 5.73 Å². The molecule has 1 unspecified atom stereocenters. The summed E-state index contributed by atoms with van der Waals surface area (Å²) in [7, 11) is 0. The van der Waals surface area contributed by atoms with E-state index < -0.39 is 6.04 Å². The highest BCUT2D eigenvalue weighted by atomic mass is 32.1. The normalized spacial score (nSPS) is 12.6. The quantitative estimate of drug-likeness (QED) is 0.599. The van der Waals surface area contributed by atoms with Gasteiger partial charge in [0.2, 0.25) is 0 Å². The van der Waals surface area contributed by atoms with Crippen molar-refractivity contribution >= 4 is 23.5 Å². The Hall–Kier alpha value is -0.350. The number of Topliss-reactive ketones (excluding diaryl/α,β-unsaturated/α-hetero) is 1. The average molecular weight is 175 g/mol. The molecule has 0 saturated heterocycles. The number of carbonyl (C=O) groups excluding carboxylic acids is 2. The van der Waals surface area contributed by atoms with Gasteiger partial charge in [-0.2, -0.15) is 0 Å². The molecule has 4 heteroatoms. The second kappa shape index (κ2) is 5.32. The second-order valence-corrected chi connectivity index (χ2v) is 3.00. The summed E-state index contributed by atoms with van der Waals surface area (Å²) in [6.45, 7) is 1.64. The summed E-state index contributed by atoms with van der Waals surface area (Å²) in [5.41, 5.74) is 5.30. The zero-order valence-corrected chi connectivity index (χ0v) is 7.43. The number of hydrogen-bond acceptors (Lipinski definition) is 3. The zero-order valence-electron chi connectivity index (χ0n) is 6.54. The Morgan fingerprint density at radius 1 is 1.45 bits per heavy atom. The second-order valence-electron chi connectivity index (χ2n) is 2.50. The number of nitrogens with two attached hydrogens (primary N) is 1. The molecule has 0 saturated carbocycles. The highest BCUT2D eigenvalue weighted by Gasteiger charge is 2.06. The van der Waals surface area contributed by atoms with E-state index in [0.717, 1.165) is 0 Å². The number of thiol groups is 1. The third kappa shape index (κ3) is 6.06. The average Bonchev–Trinajstić information content (AvgIpc) is 1.86. The number of rotatable bonds is 5. The van der Waals surface area contributed by atoms with E-state index in [4.69, 9.17) is 5.73 Å². The lowest BCUT2D eigenvalue weighted by Crippen LogP contribution is -2.26. The summed E-state index contributed by atoms with van der Waals surface area (Å²) >= 11 is 3.57. The number of hydrogen-bond donors (Lipinski definition) is 2. The Morgan fingerprint density at radius 3 is 2.36 bits per heavy atom. The summed E-state index contributed by atoms with van der Waals surface area (Å²) in [6, 6.07) is -0.412. The first kappa shape index (κ1) is 10.7. The molecule has 0 amide bonds. The minimum atomic E-state index is -0.412. The fourth-order valence-electron chi connectivity index (χ4n) is 0.642.